The number of rotatable bonds is 4. The molecule has 0 spiro atoms. The third kappa shape index (κ3) is 3.54. The van der Waals surface area contributed by atoms with Gasteiger partial charge in [-0.05, 0) is 31.2 Å². The van der Waals surface area contributed by atoms with Gasteiger partial charge in [-0.1, -0.05) is 23.8 Å². The van der Waals surface area contributed by atoms with Crippen molar-refractivity contribution < 1.29 is 13.6 Å². The summed E-state index contributed by atoms with van der Waals surface area (Å²) in [4.78, 5) is 11.7. The molecular weight excluding hydrogens is 262 g/mol. The van der Waals surface area contributed by atoms with Gasteiger partial charge in [0, 0.05) is 5.69 Å². The minimum atomic E-state index is -0.798. The second-order valence-electron chi connectivity index (χ2n) is 4.36. The van der Waals surface area contributed by atoms with Crippen molar-refractivity contribution in [3.63, 3.8) is 0 Å². The molecule has 0 aliphatic heterocycles. The molecule has 2 rings (SSSR count). The van der Waals surface area contributed by atoms with Crippen molar-refractivity contribution in [2.45, 2.75) is 6.92 Å². The van der Waals surface area contributed by atoms with Crippen LogP contribution >= 0.6 is 0 Å². The molecule has 0 bridgehead atoms. The van der Waals surface area contributed by atoms with Gasteiger partial charge >= 0.3 is 0 Å². The number of benzene rings is 2. The first-order valence-electron chi connectivity index (χ1n) is 6.10. The predicted molar refractivity (Wildman–Crippen MR) is 74.7 cm³/mol. The van der Waals surface area contributed by atoms with Gasteiger partial charge in [0.15, 0.2) is 0 Å². The van der Waals surface area contributed by atoms with Crippen molar-refractivity contribution in [1.29, 1.82) is 0 Å². The maximum absolute atomic E-state index is 13.3. The zero-order valence-electron chi connectivity index (χ0n) is 10.9. The Morgan fingerprint density at radius 1 is 1.05 bits per heavy atom. The van der Waals surface area contributed by atoms with Crippen LogP contribution in [0.15, 0.2) is 42.5 Å². The Hall–Kier alpha value is -2.43. The third-order valence-electron chi connectivity index (χ3n) is 2.73. The molecule has 0 fully saturated rings. The molecule has 0 radical (unpaired) electrons. The van der Waals surface area contributed by atoms with Crippen molar-refractivity contribution in [3.8, 4) is 0 Å². The molecule has 3 nitrogen and oxygen atoms in total. The highest BCUT2D eigenvalue weighted by molar-refractivity contribution is 5.93. The standard InChI is InChI=1S/C15H14F2N2O/c1-10-5-7-11(8-6-10)18-9-14(20)19-15-12(16)3-2-4-13(15)17/h2-8,18H,9H2,1H3,(H,19,20). The highest BCUT2D eigenvalue weighted by atomic mass is 19.1. The molecule has 2 aromatic carbocycles. The van der Waals surface area contributed by atoms with E-state index in [2.05, 4.69) is 10.6 Å². The molecular formula is C15H14F2N2O. The number of carbonyl (C=O) groups excluding carboxylic acids is 1. The highest BCUT2D eigenvalue weighted by Crippen LogP contribution is 2.17. The summed E-state index contributed by atoms with van der Waals surface area (Å²) in [6, 6.07) is 10.9. The number of anilines is 2. The highest BCUT2D eigenvalue weighted by Gasteiger charge is 2.11. The van der Waals surface area contributed by atoms with Crippen LogP contribution in [0, 0.1) is 18.6 Å². The lowest BCUT2D eigenvalue weighted by Crippen LogP contribution is -2.22. The predicted octanol–water partition coefficient (Wildman–Crippen LogP) is 3.32. The second-order valence-corrected chi connectivity index (χ2v) is 4.36. The topological polar surface area (TPSA) is 41.1 Å². The van der Waals surface area contributed by atoms with Crippen LogP contribution in [0.2, 0.25) is 0 Å². The quantitative estimate of drug-likeness (QED) is 0.899. The number of halogens is 2. The van der Waals surface area contributed by atoms with Gasteiger partial charge in [-0.3, -0.25) is 4.79 Å². The van der Waals surface area contributed by atoms with Crippen LogP contribution in [0.25, 0.3) is 0 Å². The molecule has 0 atom stereocenters. The molecule has 0 aromatic heterocycles. The number of para-hydroxylation sites is 1. The van der Waals surface area contributed by atoms with Gasteiger partial charge in [0.25, 0.3) is 0 Å². The Morgan fingerprint density at radius 3 is 2.25 bits per heavy atom. The van der Waals surface area contributed by atoms with E-state index in [0.717, 1.165) is 23.4 Å². The molecule has 5 heteroatoms. The minimum Gasteiger partial charge on any atom is -0.376 e. The van der Waals surface area contributed by atoms with E-state index < -0.39 is 23.2 Å². The molecule has 0 unspecified atom stereocenters. The maximum Gasteiger partial charge on any atom is 0.243 e. The van der Waals surface area contributed by atoms with Gasteiger partial charge in [0.05, 0.1) is 6.54 Å². The summed E-state index contributed by atoms with van der Waals surface area (Å²) in [7, 11) is 0. The molecule has 0 aliphatic carbocycles. The first-order valence-corrected chi connectivity index (χ1v) is 6.10. The van der Waals surface area contributed by atoms with E-state index >= 15 is 0 Å². The van der Waals surface area contributed by atoms with E-state index in [0.29, 0.717) is 0 Å². The summed E-state index contributed by atoms with van der Waals surface area (Å²) in [5.41, 5.74) is 1.44. The fourth-order valence-corrected chi connectivity index (χ4v) is 1.65. The van der Waals surface area contributed by atoms with E-state index in [4.69, 9.17) is 0 Å². The van der Waals surface area contributed by atoms with Crippen molar-refractivity contribution in [2.24, 2.45) is 0 Å². The van der Waals surface area contributed by atoms with Crippen molar-refractivity contribution in [3.05, 3.63) is 59.7 Å². The van der Waals surface area contributed by atoms with Crippen LogP contribution in [0.4, 0.5) is 20.2 Å². The van der Waals surface area contributed by atoms with E-state index in [-0.39, 0.29) is 6.54 Å². The first-order chi connectivity index (χ1) is 9.56. The van der Waals surface area contributed by atoms with Gasteiger partial charge in [0.2, 0.25) is 5.91 Å². The molecule has 2 aromatic rings. The minimum absolute atomic E-state index is 0.0726. The molecule has 20 heavy (non-hydrogen) atoms. The van der Waals surface area contributed by atoms with Gasteiger partial charge in [-0.25, -0.2) is 8.78 Å². The number of amides is 1. The van der Waals surface area contributed by atoms with Gasteiger partial charge < -0.3 is 10.6 Å². The Bertz CT molecular complexity index is 592. The summed E-state index contributed by atoms with van der Waals surface area (Å²) < 4.78 is 26.7. The van der Waals surface area contributed by atoms with Gasteiger partial charge in [-0.2, -0.15) is 0 Å². The summed E-state index contributed by atoms with van der Waals surface area (Å²) in [6.45, 7) is 1.88. The molecule has 0 aliphatic rings. The lowest BCUT2D eigenvalue weighted by molar-refractivity contribution is -0.114. The number of hydrogen-bond acceptors (Lipinski definition) is 2. The Morgan fingerprint density at radius 2 is 1.65 bits per heavy atom. The zero-order chi connectivity index (χ0) is 14.5. The van der Waals surface area contributed by atoms with E-state index in [1.54, 1.807) is 0 Å². The number of carbonyl (C=O) groups is 1. The SMILES string of the molecule is Cc1ccc(NCC(=O)Nc2c(F)cccc2F)cc1. The molecule has 1 amide bonds. The van der Waals surface area contributed by atoms with E-state index in [1.807, 2.05) is 31.2 Å². The lowest BCUT2D eigenvalue weighted by Gasteiger charge is -2.09. The van der Waals surface area contributed by atoms with E-state index in [9.17, 15) is 13.6 Å². The fraction of sp³-hybridized carbons (Fsp3) is 0.133. The third-order valence-corrected chi connectivity index (χ3v) is 2.73. The van der Waals surface area contributed by atoms with Crippen LogP contribution in [0.5, 0.6) is 0 Å². The number of hydrogen-bond donors (Lipinski definition) is 2. The normalized spacial score (nSPS) is 10.2. The lowest BCUT2D eigenvalue weighted by atomic mass is 10.2. The average molecular weight is 276 g/mol. The fourth-order valence-electron chi connectivity index (χ4n) is 1.65. The summed E-state index contributed by atoms with van der Waals surface area (Å²) >= 11 is 0. The van der Waals surface area contributed by atoms with Crippen LogP contribution in [-0.4, -0.2) is 12.5 Å². The van der Waals surface area contributed by atoms with Crippen LogP contribution in [-0.2, 0) is 4.79 Å². The summed E-state index contributed by atoms with van der Waals surface area (Å²) in [5.74, 6) is -2.11. The summed E-state index contributed by atoms with van der Waals surface area (Å²) in [5, 5.41) is 5.08. The molecule has 0 saturated carbocycles. The second kappa shape index (κ2) is 6.14. The van der Waals surface area contributed by atoms with Crippen LogP contribution < -0.4 is 10.6 Å². The molecule has 104 valence electrons. The Balaban J connectivity index is 1.94. The molecule has 2 N–H and O–H groups in total. The van der Waals surface area contributed by atoms with Crippen LogP contribution in [0.1, 0.15) is 5.56 Å². The molecule has 0 saturated heterocycles. The Kier molecular flexibility index (Phi) is 4.30. The average Bonchev–Trinajstić information content (AvgIpc) is 2.42. The van der Waals surface area contributed by atoms with Crippen molar-refractivity contribution in [2.75, 3.05) is 17.2 Å². The summed E-state index contributed by atoms with van der Waals surface area (Å²) in [6.07, 6.45) is 0. The maximum atomic E-state index is 13.3. The van der Waals surface area contributed by atoms with Gasteiger partial charge in [-0.15, -0.1) is 0 Å². The van der Waals surface area contributed by atoms with Crippen molar-refractivity contribution in [1.82, 2.24) is 0 Å². The Labute approximate surface area is 115 Å². The van der Waals surface area contributed by atoms with E-state index in [1.165, 1.54) is 6.07 Å². The monoisotopic (exact) mass is 276 g/mol. The number of aryl methyl sites for hydroxylation is 1. The first kappa shape index (κ1) is 14.0. The zero-order valence-corrected chi connectivity index (χ0v) is 10.9. The smallest absolute Gasteiger partial charge is 0.243 e. The largest absolute Gasteiger partial charge is 0.376 e. The van der Waals surface area contributed by atoms with Gasteiger partial charge in [0.1, 0.15) is 17.3 Å². The number of nitrogens with one attached hydrogen (secondary N) is 2. The van der Waals surface area contributed by atoms with Crippen LogP contribution in [0.3, 0.4) is 0 Å². The van der Waals surface area contributed by atoms with Crippen molar-refractivity contribution >= 4 is 17.3 Å². The molecule has 0 heterocycles.